The fraction of sp³-hybridized carbons (Fsp3) is 0.818. The van der Waals surface area contributed by atoms with E-state index in [1.54, 1.807) is 20.9 Å². The number of ether oxygens (including phenoxy) is 1. The molecule has 2 N–H and O–H groups in total. The van der Waals surface area contributed by atoms with Crippen LogP contribution >= 0.6 is 0 Å². The number of amides is 2. The zero-order valence-electron chi connectivity index (χ0n) is 10.9. The number of carboxylic acid groups (broad SMARTS) is 1. The van der Waals surface area contributed by atoms with E-state index in [0.717, 1.165) is 0 Å². The predicted octanol–water partition coefficient (Wildman–Crippen LogP) is 0.775. The fourth-order valence-corrected chi connectivity index (χ4v) is 0.955. The first-order valence-corrected chi connectivity index (χ1v) is 5.61. The molecule has 0 saturated heterocycles. The third-order valence-corrected chi connectivity index (χ3v) is 2.38. The third kappa shape index (κ3) is 6.11. The lowest BCUT2D eigenvalue weighted by Crippen LogP contribution is -2.45. The lowest BCUT2D eigenvalue weighted by Gasteiger charge is -2.23. The summed E-state index contributed by atoms with van der Waals surface area (Å²) in [6, 6.07) is -0.293. The average molecular weight is 246 g/mol. The van der Waals surface area contributed by atoms with E-state index < -0.39 is 11.4 Å². The van der Waals surface area contributed by atoms with Crippen molar-refractivity contribution in [1.82, 2.24) is 10.2 Å². The van der Waals surface area contributed by atoms with E-state index in [-0.39, 0.29) is 12.6 Å². The smallest absolute Gasteiger partial charge is 0.317 e. The molecule has 100 valence electrons. The largest absolute Gasteiger partial charge is 0.481 e. The van der Waals surface area contributed by atoms with E-state index >= 15 is 0 Å². The Hall–Kier alpha value is -1.30. The number of carbonyl (C=O) groups excluding carboxylic acids is 1. The molecule has 0 aliphatic rings. The first-order valence-electron chi connectivity index (χ1n) is 5.61. The SMILES string of the molecule is CCOCCN(C)C(=O)NCC(C)(C)C(=O)O. The molecular formula is C11H22N2O4. The molecule has 0 bridgehead atoms. The molecular weight excluding hydrogens is 224 g/mol. The quantitative estimate of drug-likeness (QED) is 0.650. The summed E-state index contributed by atoms with van der Waals surface area (Å²) in [7, 11) is 1.64. The lowest BCUT2D eigenvalue weighted by atomic mass is 9.94. The highest BCUT2D eigenvalue weighted by molar-refractivity contribution is 5.77. The fourth-order valence-electron chi connectivity index (χ4n) is 0.955. The second kappa shape index (κ2) is 7.11. The molecule has 6 heteroatoms. The van der Waals surface area contributed by atoms with Crippen molar-refractivity contribution >= 4 is 12.0 Å². The van der Waals surface area contributed by atoms with Crippen molar-refractivity contribution in [2.75, 3.05) is 33.4 Å². The zero-order valence-corrected chi connectivity index (χ0v) is 10.9. The van der Waals surface area contributed by atoms with Gasteiger partial charge in [-0.3, -0.25) is 4.79 Å². The maximum Gasteiger partial charge on any atom is 0.317 e. The van der Waals surface area contributed by atoms with Crippen LogP contribution in [-0.2, 0) is 9.53 Å². The average Bonchev–Trinajstić information content (AvgIpc) is 2.26. The van der Waals surface area contributed by atoms with Gasteiger partial charge in [-0.15, -0.1) is 0 Å². The van der Waals surface area contributed by atoms with E-state index in [0.29, 0.717) is 19.8 Å². The summed E-state index contributed by atoms with van der Waals surface area (Å²) in [4.78, 5) is 23.9. The summed E-state index contributed by atoms with van der Waals surface area (Å²) < 4.78 is 5.12. The van der Waals surface area contributed by atoms with Crippen molar-refractivity contribution in [2.24, 2.45) is 5.41 Å². The molecule has 0 aliphatic heterocycles. The molecule has 0 rings (SSSR count). The Kier molecular flexibility index (Phi) is 6.57. The minimum absolute atomic E-state index is 0.0974. The molecule has 0 atom stereocenters. The molecule has 0 aromatic rings. The van der Waals surface area contributed by atoms with Gasteiger partial charge in [0.1, 0.15) is 0 Å². The minimum Gasteiger partial charge on any atom is -0.481 e. The van der Waals surface area contributed by atoms with Crippen LogP contribution < -0.4 is 5.32 Å². The van der Waals surface area contributed by atoms with Crippen LogP contribution in [0, 0.1) is 5.41 Å². The molecule has 0 saturated carbocycles. The van der Waals surface area contributed by atoms with Crippen molar-refractivity contribution in [3.05, 3.63) is 0 Å². The van der Waals surface area contributed by atoms with Gasteiger partial charge in [0.25, 0.3) is 0 Å². The highest BCUT2D eigenvalue weighted by atomic mass is 16.5. The first-order chi connectivity index (χ1) is 7.81. The topological polar surface area (TPSA) is 78.9 Å². The monoisotopic (exact) mass is 246 g/mol. The molecule has 0 aromatic heterocycles. The predicted molar refractivity (Wildman–Crippen MR) is 63.9 cm³/mol. The number of likely N-dealkylation sites (N-methyl/N-ethyl adjacent to an activating group) is 1. The Morgan fingerprint density at radius 3 is 2.47 bits per heavy atom. The summed E-state index contributed by atoms with van der Waals surface area (Å²) in [5, 5.41) is 11.5. The highest BCUT2D eigenvalue weighted by Crippen LogP contribution is 2.13. The van der Waals surface area contributed by atoms with E-state index in [1.807, 2.05) is 6.92 Å². The molecule has 0 aliphatic carbocycles. The van der Waals surface area contributed by atoms with Crippen LogP contribution in [0.15, 0.2) is 0 Å². The summed E-state index contributed by atoms with van der Waals surface area (Å²) in [5.74, 6) is -0.935. The number of hydrogen-bond acceptors (Lipinski definition) is 3. The molecule has 6 nitrogen and oxygen atoms in total. The summed E-state index contributed by atoms with van der Waals surface area (Å²) in [6.07, 6.45) is 0. The second-order valence-corrected chi connectivity index (χ2v) is 4.47. The Labute approximate surface area is 102 Å². The van der Waals surface area contributed by atoms with Gasteiger partial charge < -0.3 is 20.1 Å². The van der Waals surface area contributed by atoms with Gasteiger partial charge in [0.15, 0.2) is 0 Å². The molecule has 17 heavy (non-hydrogen) atoms. The van der Waals surface area contributed by atoms with Crippen LogP contribution in [0.3, 0.4) is 0 Å². The van der Waals surface area contributed by atoms with Crippen molar-refractivity contribution in [3.63, 3.8) is 0 Å². The van der Waals surface area contributed by atoms with Gasteiger partial charge in [-0.1, -0.05) is 0 Å². The number of nitrogens with zero attached hydrogens (tertiary/aromatic N) is 1. The Morgan fingerprint density at radius 1 is 1.41 bits per heavy atom. The molecule has 0 fully saturated rings. The Bertz CT molecular complexity index is 266. The van der Waals surface area contributed by atoms with Gasteiger partial charge in [0, 0.05) is 26.7 Å². The van der Waals surface area contributed by atoms with Crippen molar-refractivity contribution in [2.45, 2.75) is 20.8 Å². The molecule has 2 amide bonds. The number of rotatable bonds is 7. The van der Waals surface area contributed by atoms with Crippen LogP contribution in [0.25, 0.3) is 0 Å². The zero-order chi connectivity index (χ0) is 13.5. The van der Waals surface area contributed by atoms with Crippen LogP contribution in [0.4, 0.5) is 4.79 Å². The van der Waals surface area contributed by atoms with Gasteiger partial charge >= 0.3 is 12.0 Å². The third-order valence-electron chi connectivity index (χ3n) is 2.38. The lowest BCUT2D eigenvalue weighted by molar-refractivity contribution is -0.146. The minimum atomic E-state index is -0.962. The van der Waals surface area contributed by atoms with Crippen molar-refractivity contribution in [1.29, 1.82) is 0 Å². The van der Waals surface area contributed by atoms with Crippen LogP contribution in [0.5, 0.6) is 0 Å². The standard InChI is InChI=1S/C11H22N2O4/c1-5-17-7-6-13(4)10(16)12-8-11(2,3)9(14)15/h5-8H2,1-4H3,(H,12,16)(H,14,15). The normalized spacial score (nSPS) is 11.1. The second-order valence-electron chi connectivity index (χ2n) is 4.47. The summed E-state index contributed by atoms with van der Waals surface area (Å²) in [6.45, 7) is 6.68. The van der Waals surface area contributed by atoms with Crippen LogP contribution in [0.1, 0.15) is 20.8 Å². The van der Waals surface area contributed by atoms with Gasteiger partial charge in [-0.25, -0.2) is 4.79 Å². The molecule has 0 spiro atoms. The Balaban J connectivity index is 3.97. The van der Waals surface area contributed by atoms with Crippen LogP contribution in [-0.4, -0.2) is 55.4 Å². The van der Waals surface area contributed by atoms with E-state index in [2.05, 4.69) is 5.32 Å². The molecule has 0 aromatic carbocycles. The summed E-state index contributed by atoms with van der Waals surface area (Å²) in [5.41, 5.74) is -0.962. The van der Waals surface area contributed by atoms with E-state index in [4.69, 9.17) is 9.84 Å². The van der Waals surface area contributed by atoms with Gasteiger partial charge in [-0.2, -0.15) is 0 Å². The number of aliphatic carboxylic acids is 1. The highest BCUT2D eigenvalue weighted by Gasteiger charge is 2.27. The molecule has 0 unspecified atom stereocenters. The van der Waals surface area contributed by atoms with Gasteiger partial charge in [-0.05, 0) is 20.8 Å². The number of carboxylic acids is 1. The molecule has 0 heterocycles. The maximum atomic E-state index is 11.6. The van der Waals surface area contributed by atoms with Gasteiger partial charge in [0.2, 0.25) is 0 Å². The van der Waals surface area contributed by atoms with E-state index in [9.17, 15) is 9.59 Å². The number of nitrogens with one attached hydrogen (secondary N) is 1. The van der Waals surface area contributed by atoms with Crippen molar-refractivity contribution < 1.29 is 19.4 Å². The van der Waals surface area contributed by atoms with E-state index in [1.165, 1.54) is 4.90 Å². The van der Waals surface area contributed by atoms with Crippen LogP contribution in [0.2, 0.25) is 0 Å². The molecule has 0 radical (unpaired) electrons. The number of urea groups is 1. The first kappa shape index (κ1) is 15.7. The Morgan fingerprint density at radius 2 is 2.00 bits per heavy atom. The number of carbonyl (C=O) groups is 2. The van der Waals surface area contributed by atoms with Crippen molar-refractivity contribution in [3.8, 4) is 0 Å². The van der Waals surface area contributed by atoms with Gasteiger partial charge in [0.05, 0.1) is 12.0 Å². The summed E-state index contributed by atoms with van der Waals surface area (Å²) >= 11 is 0. The number of hydrogen-bond donors (Lipinski definition) is 2. The maximum absolute atomic E-state index is 11.6.